The van der Waals surface area contributed by atoms with Crippen molar-refractivity contribution in [2.75, 3.05) is 5.73 Å². The molecule has 9 heteroatoms. The first-order valence-electron chi connectivity index (χ1n) is 6.39. The molecule has 0 atom stereocenters. The summed E-state index contributed by atoms with van der Waals surface area (Å²) in [6.07, 6.45) is 1.12. The molecule has 0 aliphatic rings. The second kappa shape index (κ2) is 6.07. The first kappa shape index (κ1) is 16.5. The Morgan fingerprint density at radius 1 is 1.22 bits per heavy atom. The highest BCUT2D eigenvalue weighted by Gasteiger charge is 2.21. The van der Waals surface area contributed by atoms with Crippen molar-refractivity contribution in [1.82, 2.24) is 0 Å². The number of hydrazone groups is 1. The van der Waals surface area contributed by atoms with Gasteiger partial charge in [0.2, 0.25) is 10.0 Å². The van der Waals surface area contributed by atoms with E-state index in [0.29, 0.717) is 22.4 Å². The van der Waals surface area contributed by atoms with Crippen LogP contribution in [0.3, 0.4) is 0 Å². The Kier molecular flexibility index (Phi) is 4.34. The summed E-state index contributed by atoms with van der Waals surface area (Å²) in [7, 11) is -4.03. The summed E-state index contributed by atoms with van der Waals surface area (Å²) in [5.74, 6) is 5.04. The summed E-state index contributed by atoms with van der Waals surface area (Å²) in [5, 5.41) is 15.9. The Morgan fingerprint density at radius 3 is 2.43 bits per heavy atom. The van der Waals surface area contributed by atoms with Gasteiger partial charge in [-0.15, -0.1) is 0 Å². The van der Waals surface area contributed by atoms with Gasteiger partial charge in [0.25, 0.3) is 0 Å². The molecule has 0 spiro atoms. The quantitative estimate of drug-likeness (QED) is 0.176. The minimum Gasteiger partial charge on any atom is -0.398 e. The van der Waals surface area contributed by atoms with Crippen LogP contribution in [0, 0.1) is 5.41 Å². The molecule has 0 aliphatic carbocycles. The zero-order valence-electron chi connectivity index (χ0n) is 12.0. The molecule has 2 aromatic carbocycles. The van der Waals surface area contributed by atoms with Gasteiger partial charge in [-0.25, -0.2) is 13.6 Å². The highest BCUT2D eigenvalue weighted by molar-refractivity contribution is 7.89. The average Bonchev–Trinajstić information content (AvgIpc) is 2.52. The molecule has 2 rings (SSSR count). The molecule has 8 nitrogen and oxygen atoms in total. The summed E-state index contributed by atoms with van der Waals surface area (Å²) < 4.78 is 23.6. The molecule has 0 aromatic heterocycles. The van der Waals surface area contributed by atoms with Crippen LogP contribution in [-0.2, 0) is 10.0 Å². The number of amidine groups is 1. The molecule has 9 N–H and O–H groups in total. The van der Waals surface area contributed by atoms with Gasteiger partial charge in [0.1, 0.15) is 0 Å². The summed E-state index contributed by atoms with van der Waals surface area (Å²) >= 11 is 0. The first-order valence-corrected chi connectivity index (χ1v) is 7.94. The van der Waals surface area contributed by atoms with E-state index < -0.39 is 10.0 Å². The summed E-state index contributed by atoms with van der Waals surface area (Å²) in [6, 6.07) is 9.44. The molecule has 0 unspecified atom stereocenters. The van der Waals surface area contributed by atoms with Gasteiger partial charge >= 0.3 is 0 Å². The Hall–Kier alpha value is -2.91. The van der Waals surface area contributed by atoms with Gasteiger partial charge in [-0.2, -0.15) is 5.10 Å². The van der Waals surface area contributed by atoms with Crippen molar-refractivity contribution in [3.05, 3.63) is 47.5 Å². The van der Waals surface area contributed by atoms with E-state index in [1.807, 2.05) is 0 Å². The van der Waals surface area contributed by atoms with E-state index >= 15 is 0 Å². The maximum absolute atomic E-state index is 11.8. The maximum atomic E-state index is 11.8. The highest BCUT2D eigenvalue weighted by Crippen LogP contribution is 2.30. The van der Waals surface area contributed by atoms with Crippen LogP contribution in [-0.4, -0.2) is 20.5 Å². The van der Waals surface area contributed by atoms with Crippen LogP contribution < -0.4 is 22.4 Å². The van der Waals surface area contributed by atoms with E-state index in [1.54, 1.807) is 24.3 Å². The Balaban J connectivity index is 2.82. The molecular formula is C14H16N6O2S. The molecule has 0 aliphatic heterocycles. The van der Waals surface area contributed by atoms with Crippen molar-refractivity contribution >= 4 is 27.8 Å². The number of primary sulfonamides is 1. The number of nitrogens with zero attached hydrogens (tertiary/aromatic N) is 1. The smallest absolute Gasteiger partial charge is 0.238 e. The molecule has 120 valence electrons. The number of nitrogens with one attached hydrogen (secondary N) is 1. The van der Waals surface area contributed by atoms with E-state index in [4.69, 9.17) is 27.9 Å². The molecule has 2 aromatic rings. The first-order chi connectivity index (χ1) is 10.8. The fraction of sp³-hybridized carbons (Fsp3) is 0. The van der Waals surface area contributed by atoms with Crippen molar-refractivity contribution in [3.8, 4) is 11.1 Å². The van der Waals surface area contributed by atoms with Crippen LogP contribution in [0.1, 0.15) is 11.1 Å². The monoisotopic (exact) mass is 332 g/mol. The fourth-order valence-electron chi connectivity index (χ4n) is 2.21. The minimum atomic E-state index is -4.03. The van der Waals surface area contributed by atoms with Gasteiger partial charge in [0.15, 0.2) is 5.84 Å². The molecular weight excluding hydrogens is 316 g/mol. The lowest BCUT2D eigenvalue weighted by Gasteiger charge is -2.14. The standard InChI is InChI=1S/C14H16N6O2S/c15-7-9-5-4-8(6-11(9)16)10-2-1-3-12(23(19,21)22)13(10)14(17)20-18/h1-7,15H,16,18H2,(H2,17,20)(H2,19,21,22). The zero-order valence-corrected chi connectivity index (χ0v) is 12.8. The molecule has 0 saturated carbocycles. The molecule has 23 heavy (non-hydrogen) atoms. The maximum Gasteiger partial charge on any atom is 0.238 e. The number of benzene rings is 2. The molecule has 0 amide bonds. The van der Waals surface area contributed by atoms with Gasteiger partial charge in [-0.05, 0) is 23.3 Å². The van der Waals surface area contributed by atoms with E-state index in [0.717, 1.165) is 6.21 Å². The van der Waals surface area contributed by atoms with Crippen molar-refractivity contribution in [3.63, 3.8) is 0 Å². The van der Waals surface area contributed by atoms with Gasteiger partial charge in [-0.3, -0.25) is 0 Å². The number of sulfonamides is 1. The van der Waals surface area contributed by atoms with Crippen LogP contribution in [0.15, 0.2) is 46.4 Å². The number of rotatable bonds is 4. The lowest BCUT2D eigenvalue weighted by molar-refractivity contribution is 0.597. The zero-order chi connectivity index (χ0) is 17.2. The third kappa shape index (κ3) is 3.15. The van der Waals surface area contributed by atoms with E-state index in [2.05, 4.69) is 5.10 Å². The summed E-state index contributed by atoms with van der Waals surface area (Å²) in [5.41, 5.74) is 13.7. The molecule has 0 radical (unpaired) electrons. The minimum absolute atomic E-state index is 0.111. The number of anilines is 1. The average molecular weight is 332 g/mol. The lowest BCUT2D eigenvalue weighted by Crippen LogP contribution is -2.23. The van der Waals surface area contributed by atoms with Crippen LogP contribution in [0.25, 0.3) is 11.1 Å². The number of nitrogens with two attached hydrogens (primary N) is 4. The molecule has 0 heterocycles. The SMILES string of the molecule is N=Cc1ccc(-c2cccc(S(N)(=O)=O)c2C(N)=NN)cc1N. The van der Waals surface area contributed by atoms with Crippen molar-refractivity contribution in [1.29, 1.82) is 5.41 Å². The summed E-state index contributed by atoms with van der Waals surface area (Å²) in [4.78, 5) is -0.184. The molecule has 0 saturated heterocycles. The van der Waals surface area contributed by atoms with Crippen molar-refractivity contribution in [2.45, 2.75) is 4.90 Å². The van der Waals surface area contributed by atoms with Gasteiger partial charge in [-0.1, -0.05) is 24.3 Å². The second-order valence-electron chi connectivity index (χ2n) is 4.73. The highest BCUT2D eigenvalue weighted by atomic mass is 32.2. The molecule has 0 bridgehead atoms. The van der Waals surface area contributed by atoms with Crippen LogP contribution in [0.5, 0.6) is 0 Å². The van der Waals surface area contributed by atoms with Crippen LogP contribution >= 0.6 is 0 Å². The predicted octanol–water partition coefficient (Wildman–Crippen LogP) is 0.160. The van der Waals surface area contributed by atoms with Gasteiger partial charge in [0.05, 0.1) is 4.90 Å². The number of hydrogen-bond acceptors (Lipinski definition) is 6. The Labute approximate surface area is 133 Å². The Morgan fingerprint density at radius 2 is 1.91 bits per heavy atom. The topological polar surface area (TPSA) is 174 Å². The van der Waals surface area contributed by atoms with Gasteiger partial charge < -0.3 is 22.7 Å². The number of hydrogen-bond donors (Lipinski definition) is 5. The predicted molar refractivity (Wildman–Crippen MR) is 90.5 cm³/mol. The van der Waals surface area contributed by atoms with Crippen LogP contribution in [0.2, 0.25) is 0 Å². The largest absolute Gasteiger partial charge is 0.398 e. The van der Waals surface area contributed by atoms with E-state index in [1.165, 1.54) is 12.1 Å². The normalized spacial score (nSPS) is 12.1. The van der Waals surface area contributed by atoms with Gasteiger partial charge in [0, 0.05) is 23.0 Å². The molecule has 0 fully saturated rings. The Bertz CT molecular complexity index is 905. The van der Waals surface area contributed by atoms with Crippen molar-refractivity contribution in [2.24, 2.45) is 21.8 Å². The third-order valence-electron chi connectivity index (χ3n) is 3.28. The van der Waals surface area contributed by atoms with E-state index in [9.17, 15) is 8.42 Å². The van der Waals surface area contributed by atoms with Crippen LogP contribution in [0.4, 0.5) is 5.69 Å². The second-order valence-corrected chi connectivity index (χ2v) is 6.26. The van der Waals surface area contributed by atoms with E-state index in [-0.39, 0.29) is 16.3 Å². The number of nitrogen functional groups attached to an aromatic ring is 1. The van der Waals surface area contributed by atoms with Crippen molar-refractivity contribution < 1.29 is 8.42 Å². The third-order valence-corrected chi connectivity index (χ3v) is 4.23. The summed E-state index contributed by atoms with van der Waals surface area (Å²) in [6.45, 7) is 0. The fourth-order valence-corrected chi connectivity index (χ4v) is 2.98. The lowest BCUT2D eigenvalue weighted by atomic mass is 9.97.